The third-order valence-electron chi connectivity index (χ3n) is 6.30. The number of nitrogens with one attached hydrogen (secondary N) is 2. The maximum absolute atomic E-state index is 13.1. The van der Waals surface area contributed by atoms with Crippen LogP contribution in [0.25, 0.3) is 0 Å². The maximum atomic E-state index is 13.1. The second kappa shape index (κ2) is 15.2. The fourth-order valence-corrected chi connectivity index (χ4v) is 8.69. The van der Waals surface area contributed by atoms with Crippen molar-refractivity contribution in [1.82, 2.24) is 25.5 Å². The Morgan fingerprint density at radius 1 is 1.27 bits per heavy atom. The van der Waals surface area contributed by atoms with Crippen molar-refractivity contribution in [2.45, 2.75) is 40.6 Å². The van der Waals surface area contributed by atoms with Gasteiger partial charge in [-0.3, -0.25) is 29.1 Å². The van der Waals surface area contributed by atoms with E-state index in [0.717, 1.165) is 26.7 Å². The Bertz CT molecular complexity index is 1560. The van der Waals surface area contributed by atoms with Gasteiger partial charge in [0.05, 0.1) is 12.5 Å². The molecule has 0 saturated carbocycles. The van der Waals surface area contributed by atoms with E-state index < -0.39 is 59.6 Å². The Hall–Kier alpha value is -3.43. The molecule has 0 aromatic carbocycles. The molecule has 0 radical (unpaired) electrons. The van der Waals surface area contributed by atoms with Crippen molar-refractivity contribution >= 4 is 93.0 Å². The largest absolute Gasteiger partial charge is 0.481 e. The SMILES string of the molecule is Nc1nc(C(N=O)C(=O)N[C@@H]2C(=O)N3C(C(=O)O)=C(Sc4ccncc4CSCCNC(=O)[C@@H](N)CC(=O)O)CS[C@@H]23)c(Cl)s1. The predicted octanol–water partition coefficient (Wildman–Crippen LogP) is 1.22. The quantitative estimate of drug-likeness (QED) is 0.0860. The number of carboxylic acids is 2. The topological polar surface area (TPSA) is 260 Å². The summed E-state index contributed by atoms with van der Waals surface area (Å²) in [6.45, 7) is 0.259. The van der Waals surface area contributed by atoms with Gasteiger partial charge in [-0.05, 0) is 16.8 Å². The van der Waals surface area contributed by atoms with Gasteiger partial charge in [0, 0.05) is 46.0 Å². The molecule has 3 amide bonds. The number of anilines is 1. The van der Waals surface area contributed by atoms with Crippen molar-refractivity contribution in [2.75, 3.05) is 23.8 Å². The van der Waals surface area contributed by atoms with E-state index in [9.17, 15) is 34.0 Å². The number of β-lactam (4-membered cyclic amide) rings is 1. The molecule has 8 N–H and O–H groups in total. The van der Waals surface area contributed by atoms with Gasteiger partial charge < -0.3 is 32.3 Å². The number of nitrogen functional groups attached to an aromatic ring is 1. The number of hydrogen-bond acceptors (Lipinski definition) is 15. The number of hydrogen-bond donors (Lipinski definition) is 6. The number of pyridine rings is 1. The first-order valence-electron chi connectivity index (χ1n) is 12.8. The Labute approximate surface area is 276 Å². The van der Waals surface area contributed by atoms with Crippen LogP contribution in [0.3, 0.4) is 0 Å². The lowest BCUT2D eigenvalue weighted by molar-refractivity contribution is -0.150. The number of fused-ring (bicyclic) bond motifs is 1. The lowest BCUT2D eigenvalue weighted by Crippen LogP contribution is -2.70. The number of nitrogens with zero attached hydrogens (tertiary/aromatic N) is 4. The van der Waals surface area contributed by atoms with Crippen molar-refractivity contribution in [3.8, 4) is 0 Å². The van der Waals surface area contributed by atoms with E-state index in [1.54, 1.807) is 18.5 Å². The first kappa shape index (κ1) is 34.4. The molecule has 21 heteroatoms. The molecule has 2 aromatic heterocycles. The monoisotopic (exact) mass is 716 g/mol. The summed E-state index contributed by atoms with van der Waals surface area (Å²) in [4.78, 5) is 82.6. The third kappa shape index (κ3) is 8.05. The summed E-state index contributed by atoms with van der Waals surface area (Å²) >= 11 is 10.8. The summed E-state index contributed by atoms with van der Waals surface area (Å²) in [6.07, 6.45) is 2.72. The van der Waals surface area contributed by atoms with E-state index in [4.69, 9.17) is 28.2 Å². The normalized spacial score (nSPS) is 18.8. The molecular weight excluding hydrogens is 692 g/mol. The van der Waals surface area contributed by atoms with Gasteiger partial charge in [0.2, 0.25) is 11.9 Å². The summed E-state index contributed by atoms with van der Waals surface area (Å²) in [5, 5.41) is 26.0. The summed E-state index contributed by atoms with van der Waals surface area (Å²) in [5.74, 6) is -3.46. The average Bonchev–Trinajstić information content (AvgIpc) is 3.32. The molecule has 2 aromatic rings. The van der Waals surface area contributed by atoms with Crippen LogP contribution in [0.2, 0.25) is 4.34 Å². The van der Waals surface area contributed by atoms with Crippen LogP contribution in [0, 0.1) is 4.91 Å². The molecule has 1 fully saturated rings. The standard InChI is InChI=1S/C24H25ClN8O8S4/c25-18-14(31-24(27)45-18)15(32-41)20(37)30-16-21(38)33-17(23(39)40)12(8-43-22(16)33)44-11-1-2-28-6-9(11)7-42-4-3-29-19(36)10(26)5-13(34)35/h1-2,6,10,15-16,22H,3-5,7-8,26H2,(H2,27,31)(H,29,36)(H,30,37)(H,34,35)(H,39,40)/t10-,15?,16+,22-/m0/s1. The van der Waals surface area contributed by atoms with E-state index in [0.29, 0.717) is 16.4 Å². The first-order chi connectivity index (χ1) is 21.4. The molecule has 4 rings (SSSR count). The van der Waals surface area contributed by atoms with Crippen LogP contribution >= 0.6 is 58.2 Å². The van der Waals surface area contributed by atoms with Crippen LogP contribution in [0.4, 0.5) is 5.13 Å². The van der Waals surface area contributed by atoms with Crippen molar-refractivity contribution in [2.24, 2.45) is 10.9 Å². The van der Waals surface area contributed by atoms with Crippen molar-refractivity contribution in [1.29, 1.82) is 0 Å². The van der Waals surface area contributed by atoms with E-state index in [2.05, 4.69) is 25.8 Å². The molecule has 0 spiro atoms. The summed E-state index contributed by atoms with van der Waals surface area (Å²) < 4.78 is 0.0111. The molecule has 2 aliphatic rings. The Kier molecular flexibility index (Phi) is 11.7. The minimum absolute atomic E-state index is 0.0111. The average molecular weight is 717 g/mol. The van der Waals surface area contributed by atoms with Gasteiger partial charge in [-0.1, -0.05) is 34.7 Å². The fourth-order valence-electron chi connectivity index (χ4n) is 4.22. The number of thioether (sulfide) groups is 3. The van der Waals surface area contributed by atoms with Crippen LogP contribution in [-0.4, -0.2) is 90.2 Å². The van der Waals surface area contributed by atoms with Gasteiger partial charge in [0.1, 0.15) is 27.1 Å². The molecule has 4 heterocycles. The van der Waals surface area contributed by atoms with E-state index >= 15 is 0 Å². The Morgan fingerprint density at radius 2 is 2.02 bits per heavy atom. The highest BCUT2D eigenvalue weighted by Gasteiger charge is 2.55. The summed E-state index contributed by atoms with van der Waals surface area (Å²) in [7, 11) is 0. The van der Waals surface area contributed by atoms with Crippen molar-refractivity contribution < 1.29 is 34.2 Å². The summed E-state index contributed by atoms with van der Waals surface area (Å²) in [5.41, 5.74) is 11.6. The number of carbonyl (C=O) groups is 5. The van der Waals surface area contributed by atoms with Crippen molar-refractivity contribution in [3.05, 3.63) is 49.6 Å². The lowest BCUT2D eigenvalue weighted by atomic mass is 10.0. The number of nitroso groups, excluding NO2 is 1. The van der Waals surface area contributed by atoms with Gasteiger partial charge in [-0.25, -0.2) is 9.78 Å². The van der Waals surface area contributed by atoms with E-state index in [-0.39, 0.29) is 33.2 Å². The number of carbonyl (C=O) groups excluding carboxylic acids is 3. The minimum Gasteiger partial charge on any atom is -0.481 e. The lowest BCUT2D eigenvalue weighted by Gasteiger charge is -2.49. The van der Waals surface area contributed by atoms with Crippen LogP contribution in [0.1, 0.15) is 23.7 Å². The Balaban J connectivity index is 1.39. The van der Waals surface area contributed by atoms with E-state index in [1.807, 2.05) is 0 Å². The van der Waals surface area contributed by atoms with Crippen molar-refractivity contribution in [3.63, 3.8) is 0 Å². The van der Waals surface area contributed by atoms with Gasteiger partial charge in [0.15, 0.2) is 5.13 Å². The van der Waals surface area contributed by atoms with E-state index in [1.165, 1.54) is 35.3 Å². The molecule has 1 unspecified atom stereocenters. The second-order valence-corrected chi connectivity index (χ2v) is 14.3. The molecule has 0 bridgehead atoms. The fraction of sp³-hybridized carbons (Fsp3) is 0.375. The number of nitrogens with two attached hydrogens (primary N) is 2. The van der Waals surface area contributed by atoms with Crippen LogP contribution in [0.15, 0.2) is 39.1 Å². The number of aromatic nitrogens is 2. The zero-order valence-electron chi connectivity index (χ0n) is 22.9. The minimum atomic E-state index is -1.64. The van der Waals surface area contributed by atoms with Crippen LogP contribution in [0.5, 0.6) is 0 Å². The Morgan fingerprint density at radius 3 is 2.67 bits per heavy atom. The molecule has 4 atom stereocenters. The number of thiazole rings is 1. The second-order valence-electron chi connectivity index (χ2n) is 9.33. The predicted molar refractivity (Wildman–Crippen MR) is 169 cm³/mol. The van der Waals surface area contributed by atoms with Crippen LogP contribution in [-0.2, 0) is 29.7 Å². The zero-order chi connectivity index (χ0) is 32.8. The highest BCUT2D eigenvalue weighted by molar-refractivity contribution is 8.06. The number of amides is 3. The van der Waals surface area contributed by atoms with Gasteiger partial charge in [0.25, 0.3) is 11.8 Å². The van der Waals surface area contributed by atoms with Gasteiger partial charge in [-0.2, -0.15) is 11.8 Å². The third-order valence-corrected chi connectivity index (χ3v) is 11.1. The number of halogens is 1. The first-order valence-corrected chi connectivity index (χ1v) is 17.0. The summed E-state index contributed by atoms with van der Waals surface area (Å²) in [6, 6.07) is -2.17. The number of carboxylic acid groups (broad SMARTS) is 2. The van der Waals surface area contributed by atoms with Crippen LogP contribution < -0.4 is 22.1 Å². The molecule has 45 heavy (non-hydrogen) atoms. The smallest absolute Gasteiger partial charge is 0.353 e. The molecule has 2 aliphatic heterocycles. The van der Waals surface area contributed by atoms with Gasteiger partial charge >= 0.3 is 11.9 Å². The highest BCUT2D eigenvalue weighted by atomic mass is 35.5. The molecule has 0 aliphatic carbocycles. The molecular formula is C24H25ClN8O8S4. The number of rotatable bonds is 15. The highest BCUT2D eigenvalue weighted by Crippen LogP contribution is 2.46. The molecule has 240 valence electrons. The zero-order valence-corrected chi connectivity index (χ0v) is 26.9. The maximum Gasteiger partial charge on any atom is 0.353 e. The van der Waals surface area contributed by atoms with Gasteiger partial charge in [-0.15, -0.1) is 16.7 Å². The molecule has 1 saturated heterocycles. The number of aliphatic carboxylic acids is 2. The molecule has 16 nitrogen and oxygen atoms in total.